The van der Waals surface area contributed by atoms with Crippen molar-refractivity contribution in [1.82, 2.24) is 0 Å². The third-order valence-corrected chi connectivity index (χ3v) is 31.1. The number of aryl methyl sites for hydroxylation is 6. The molecule has 4 aromatic heterocycles. The third kappa shape index (κ3) is 13.5. The van der Waals surface area contributed by atoms with Crippen molar-refractivity contribution in [2.24, 2.45) is 0 Å². The van der Waals surface area contributed by atoms with Crippen LogP contribution in [-0.2, 0) is 0 Å². The highest BCUT2D eigenvalue weighted by atomic mass is 16.3. The van der Waals surface area contributed by atoms with Crippen LogP contribution in [0.1, 0.15) is 134 Å². The van der Waals surface area contributed by atoms with E-state index in [0.717, 1.165) is 246 Å². The van der Waals surface area contributed by atoms with Gasteiger partial charge in [-0.3, -0.25) is 0 Å². The van der Waals surface area contributed by atoms with Gasteiger partial charge in [0, 0.05) is 87.4 Å². The summed E-state index contributed by atoms with van der Waals surface area (Å²) in [5, 5.41) is 23.0. The molecular weight excluding hydrogens is 1730 g/mol. The van der Waals surface area contributed by atoms with E-state index in [2.05, 4.69) is 479 Å². The predicted molar refractivity (Wildman–Crippen MR) is 602 cm³/mol. The Labute approximate surface area is 825 Å². The average Bonchev–Trinajstić information content (AvgIpc) is 1.01. The number of benzene rings is 22. The van der Waals surface area contributed by atoms with Gasteiger partial charge in [0.15, 0.2) is 22.3 Å². The molecule has 0 N–H and O–H groups in total. The van der Waals surface area contributed by atoms with E-state index in [9.17, 15) is 0 Å². The molecule has 8 nitrogen and oxygen atoms in total. The summed E-state index contributed by atoms with van der Waals surface area (Å²) in [4.78, 5) is 10.2. The van der Waals surface area contributed by atoms with Crippen molar-refractivity contribution >= 4 is 221 Å². The molecule has 4 heterocycles. The molecule has 0 aliphatic carbocycles. The maximum atomic E-state index is 7.43. The molecule has 0 aliphatic rings. The molecule has 8 heteroatoms. The maximum absolute atomic E-state index is 7.43. The quantitative estimate of drug-likeness (QED) is 0.0660. The van der Waals surface area contributed by atoms with Gasteiger partial charge in [-0.2, -0.15) is 0 Å². The Balaban J connectivity index is 0.732. The molecule has 0 saturated heterocycles. The van der Waals surface area contributed by atoms with Crippen molar-refractivity contribution < 1.29 is 17.7 Å². The molecular formula is C134H106N4O4. The van der Waals surface area contributed by atoms with Crippen molar-refractivity contribution in [1.29, 1.82) is 0 Å². The van der Waals surface area contributed by atoms with Gasteiger partial charge in [0.2, 0.25) is 0 Å². The largest absolute Gasteiger partial charge is 0.454 e. The highest BCUT2D eigenvalue weighted by Crippen LogP contribution is 2.60. The normalized spacial score (nSPS) is 12.6. The number of hydrogen-bond acceptors (Lipinski definition) is 8. The summed E-state index contributed by atoms with van der Waals surface area (Å²) in [7, 11) is 0. The van der Waals surface area contributed by atoms with Gasteiger partial charge in [0.25, 0.3) is 0 Å². The zero-order valence-electron chi connectivity index (χ0n) is 81.9. The van der Waals surface area contributed by atoms with Crippen molar-refractivity contribution in [3.63, 3.8) is 0 Å². The molecule has 0 radical (unpaired) electrons. The Hall–Kier alpha value is -16.7. The van der Waals surface area contributed by atoms with Crippen LogP contribution >= 0.6 is 0 Å². The number of fused-ring (bicyclic) bond motifs is 12. The minimum Gasteiger partial charge on any atom is -0.454 e. The first kappa shape index (κ1) is 85.7. The van der Waals surface area contributed by atoms with Gasteiger partial charge in [-0.15, -0.1) is 0 Å². The SMILES string of the molecule is Cc1ccccc1N(c1cc(C(C)C)c2ccc3c(N(c4ccccc4C)c4cccc5c4oc4ccccc45)cc(C(C)CCC(C)c4cc(N(c5cc(-c6ccccc6)ccc5C)c5c(C)ccc6c5oc5ccccc56)c5ccc6c(C(C)C)cc(N(c7cc(-c8ccccc8)ccc7C)c7c(C)ccc8c7oc7ccccc78)c7ccc4c5c67)c4ccc1c2c43)c1cccc2c1oc1ccccc12. The molecule has 0 amide bonds. The number of anilines is 12. The Bertz CT molecular complexity index is 9600. The topological polar surface area (TPSA) is 65.5 Å². The Morgan fingerprint density at radius 3 is 0.810 bits per heavy atom. The second-order valence-electron chi connectivity index (χ2n) is 40.3. The average molecular weight is 1840 g/mol. The zero-order valence-corrected chi connectivity index (χ0v) is 81.9. The van der Waals surface area contributed by atoms with Crippen LogP contribution in [0.5, 0.6) is 0 Å². The summed E-state index contributed by atoms with van der Waals surface area (Å²) in [5.41, 5.74) is 35.8. The molecule has 0 fully saturated rings. The van der Waals surface area contributed by atoms with E-state index in [1.165, 1.54) is 65.3 Å². The van der Waals surface area contributed by atoms with E-state index in [1.54, 1.807) is 0 Å². The van der Waals surface area contributed by atoms with E-state index in [-0.39, 0.29) is 23.7 Å². The molecule has 26 rings (SSSR count). The minimum atomic E-state index is -0.0297. The summed E-state index contributed by atoms with van der Waals surface area (Å²) >= 11 is 0. The van der Waals surface area contributed by atoms with Gasteiger partial charge in [-0.25, -0.2) is 0 Å². The summed E-state index contributed by atoms with van der Waals surface area (Å²) in [6.07, 6.45) is 1.66. The van der Waals surface area contributed by atoms with Crippen LogP contribution < -0.4 is 19.6 Å². The van der Waals surface area contributed by atoms with Gasteiger partial charge in [0.05, 0.1) is 45.5 Å². The van der Waals surface area contributed by atoms with Gasteiger partial charge in [0.1, 0.15) is 22.3 Å². The smallest absolute Gasteiger partial charge is 0.159 e. The van der Waals surface area contributed by atoms with Crippen LogP contribution in [0.2, 0.25) is 0 Å². The lowest BCUT2D eigenvalue weighted by Gasteiger charge is -2.34. The maximum Gasteiger partial charge on any atom is 0.159 e. The van der Waals surface area contributed by atoms with Crippen LogP contribution in [0, 0.1) is 41.5 Å². The van der Waals surface area contributed by atoms with Crippen LogP contribution in [-0.4, -0.2) is 0 Å². The first-order valence-corrected chi connectivity index (χ1v) is 50.3. The van der Waals surface area contributed by atoms with E-state index in [0.29, 0.717) is 0 Å². The predicted octanol–water partition coefficient (Wildman–Crippen LogP) is 40.1. The molecule has 0 bridgehead atoms. The highest BCUT2D eigenvalue weighted by molar-refractivity contribution is 6.33. The van der Waals surface area contributed by atoms with E-state index >= 15 is 0 Å². The van der Waals surface area contributed by atoms with Crippen molar-refractivity contribution in [2.75, 3.05) is 19.6 Å². The van der Waals surface area contributed by atoms with Crippen LogP contribution in [0.15, 0.2) is 394 Å². The summed E-state index contributed by atoms with van der Waals surface area (Å²) < 4.78 is 29.1. The minimum absolute atomic E-state index is 0.0113. The molecule has 26 aromatic rings. The molecule has 2 atom stereocenters. The van der Waals surface area contributed by atoms with Crippen molar-refractivity contribution in [3.8, 4) is 22.3 Å². The lowest BCUT2D eigenvalue weighted by atomic mass is 9.80. The number of para-hydroxylation sites is 8. The van der Waals surface area contributed by atoms with Crippen LogP contribution in [0.25, 0.3) is 175 Å². The molecule has 2 unspecified atom stereocenters. The van der Waals surface area contributed by atoms with Gasteiger partial charge < -0.3 is 37.3 Å². The fourth-order valence-corrected chi connectivity index (χ4v) is 23.9. The standard InChI is InChI=1S/C134H106N4O4/c1-77(2)107-73-117(135(111-45-25-19-33-81(111)7)113-47-31-43-99-91-39-21-27-49-121(91)139-131(99)113)103-69-65-97-109(75-118(104-67-63-95(107)125(103)127(97)104)136(112-46-26-20-34-82(112)8)114-48-32-44-100-92-40-22-28-50-122(92)140-132(100)114)79(5)53-54-80(6)110-76-120(138(116-72-90(60-56-84(116)10)88-37-17-14-18-38-88)130-86(12)58-62-102-94-42-24-30-52-124(94)142-134(102)130)106-68-64-96-108(78(3)4)74-119(105-70-66-98(110)128(106)126(96)105)137(115-71-89(59-55-83(115)9)87-35-15-13-16-36-87)129-85(11)57-61-101-93-41-23-29-51-123(93)141-133(101)129/h13-52,55-80H,53-54H2,1-12H3. The number of furan rings is 4. The summed E-state index contributed by atoms with van der Waals surface area (Å²) in [6.45, 7) is 28.1. The Morgan fingerprint density at radius 1 is 0.183 bits per heavy atom. The molecule has 0 aliphatic heterocycles. The zero-order chi connectivity index (χ0) is 95.9. The Kier molecular flexibility index (Phi) is 20.3. The lowest BCUT2D eigenvalue weighted by molar-refractivity contribution is 0.578. The third-order valence-electron chi connectivity index (χ3n) is 31.1. The van der Waals surface area contributed by atoms with Gasteiger partial charge in [-0.05, 0) is 284 Å². The van der Waals surface area contributed by atoms with Crippen LogP contribution in [0.4, 0.5) is 68.2 Å². The van der Waals surface area contributed by atoms with Crippen molar-refractivity contribution in [2.45, 2.75) is 120 Å². The molecule has 686 valence electrons. The summed E-state index contributed by atoms with van der Waals surface area (Å²) in [6, 6.07) is 140. The second kappa shape index (κ2) is 33.6. The fraction of sp³-hybridized carbons (Fsp3) is 0.134. The lowest BCUT2D eigenvalue weighted by Crippen LogP contribution is -2.16. The van der Waals surface area contributed by atoms with Gasteiger partial charge >= 0.3 is 0 Å². The molecule has 142 heavy (non-hydrogen) atoms. The number of nitrogens with zero attached hydrogens (tertiary/aromatic N) is 4. The van der Waals surface area contributed by atoms with Gasteiger partial charge in [-0.1, -0.05) is 333 Å². The molecule has 0 saturated carbocycles. The number of rotatable bonds is 21. The number of hydrogen-bond donors (Lipinski definition) is 0. The molecule has 0 spiro atoms. The van der Waals surface area contributed by atoms with E-state index < -0.39 is 0 Å². The van der Waals surface area contributed by atoms with E-state index in [1.807, 2.05) is 0 Å². The monoisotopic (exact) mass is 1830 g/mol. The fourth-order valence-electron chi connectivity index (χ4n) is 23.9. The first-order chi connectivity index (χ1) is 69.4. The first-order valence-electron chi connectivity index (χ1n) is 50.3. The van der Waals surface area contributed by atoms with E-state index in [4.69, 9.17) is 17.7 Å². The van der Waals surface area contributed by atoms with Crippen LogP contribution in [0.3, 0.4) is 0 Å². The highest BCUT2D eigenvalue weighted by Gasteiger charge is 2.36. The Morgan fingerprint density at radius 2 is 0.451 bits per heavy atom. The second-order valence-corrected chi connectivity index (χ2v) is 40.3. The molecule has 22 aromatic carbocycles. The van der Waals surface area contributed by atoms with Crippen molar-refractivity contribution in [3.05, 3.63) is 432 Å². The summed E-state index contributed by atoms with van der Waals surface area (Å²) in [5.74, 6) is 0.184.